The highest BCUT2D eigenvalue weighted by molar-refractivity contribution is 6.31. The fourth-order valence-corrected chi connectivity index (χ4v) is 2.45. The molecular formula is C13H17ClFNO. The minimum Gasteiger partial charge on any atom is -0.378 e. The van der Waals surface area contributed by atoms with E-state index in [0.29, 0.717) is 16.7 Å². The smallest absolute Gasteiger partial charge is 0.123 e. The van der Waals surface area contributed by atoms with Crippen molar-refractivity contribution in [2.45, 2.75) is 37.8 Å². The van der Waals surface area contributed by atoms with Crippen molar-refractivity contribution >= 4 is 11.6 Å². The van der Waals surface area contributed by atoms with Crippen LogP contribution in [0, 0.1) is 5.82 Å². The lowest BCUT2D eigenvalue weighted by molar-refractivity contribution is 0.101. The van der Waals surface area contributed by atoms with Crippen molar-refractivity contribution in [2.24, 2.45) is 5.73 Å². The average molecular weight is 258 g/mol. The highest BCUT2D eigenvalue weighted by atomic mass is 35.5. The van der Waals surface area contributed by atoms with Crippen molar-refractivity contribution in [1.29, 1.82) is 0 Å². The molecule has 1 saturated heterocycles. The first-order chi connectivity index (χ1) is 8.16. The molecule has 0 aliphatic carbocycles. The van der Waals surface area contributed by atoms with Gasteiger partial charge in [-0.05, 0) is 49.4 Å². The minimum atomic E-state index is -0.294. The Bertz CT molecular complexity index is 380. The van der Waals surface area contributed by atoms with E-state index < -0.39 is 0 Å². The van der Waals surface area contributed by atoms with Crippen LogP contribution in [0.15, 0.2) is 18.2 Å². The van der Waals surface area contributed by atoms with Crippen LogP contribution in [0.4, 0.5) is 4.39 Å². The SMILES string of the molecule is NC(CCC1CCCO1)c1cc(F)ccc1Cl. The number of hydrogen-bond acceptors (Lipinski definition) is 2. The second kappa shape index (κ2) is 5.80. The van der Waals surface area contributed by atoms with E-state index in [1.807, 2.05) is 0 Å². The summed E-state index contributed by atoms with van der Waals surface area (Å²) >= 11 is 6.01. The maximum absolute atomic E-state index is 13.1. The largest absolute Gasteiger partial charge is 0.378 e. The topological polar surface area (TPSA) is 35.2 Å². The maximum atomic E-state index is 13.1. The average Bonchev–Trinajstić information content (AvgIpc) is 2.82. The zero-order chi connectivity index (χ0) is 12.3. The lowest BCUT2D eigenvalue weighted by Gasteiger charge is -2.16. The molecule has 2 unspecified atom stereocenters. The predicted octanol–water partition coefficient (Wildman–Crippen LogP) is 3.44. The van der Waals surface area contributed by atoms with Crippen molar-refractivity contribution in [3.8, 4) is 0 Å². The van der Waals surface area contributed by atoms with E-state index in [2.05, 4.69) is 0 Å². The third kappa shape index (κ3) is 3.41. The molecule has 94 valence electrons. The van der Waals surface area contributed by atoms with E-state index in [9.17, 15) is 4.39 Å². The third-order valence-corrected chi connectivity index (χ3v) is 3.53. The van der Waals surface area contributed by atoms with Gasteiger partial charge in [-0.3, -0.25) is 0 Å². The molecule has 0 bridgehead atoms. The number of ether oxygens (including phenoxy) is 1. The van der Waals surface area contributed by atoms with Crippen LogP contribution < -0.4 is 5.73 Å². The molecule has 1 heterocycles. The Balaban J connectivity index is 1.93. The Morgan fingerprint density at radius 2 is 2.35 bits per heavy atom. The Hall–Kier alpha value is -0.640. The molecule has 2 atom stereocenters. The molecule has 1 aliphatic rings. The summed E-state index contributed by atoms with van der Waals surface area (Å²) in [5.74, 6) is -0.294. The van der Waals surface area contributed by atoms with Crippen LogP contribution in [0.3, 0.4) is 0 Å². The first kappa shape index (κ1) is 12.8. The second-order valence-corrected chi connectivity index (χ2v) is 4.89. The van der Waals surface area contributed by atoms with Crippen LogP contribution >= 0.6 is 11.6 Å². The standard InChI is InChI=1S/C13H17ClFNO/c14-12-5-3-9(15)8-11(12)13(16)6-4-10-2-1-7-17-10/h3,5,8,10,13H,1-2,4,6-7,16H2. The Kier molecular flexibility index (Phi) is 4.37. The fraction of sp³-hybridized carbons (Fsp3) is 0.538. The van der Waals surface area contributed by atoms with Crippen molar-refractivity contribution in [1.82, 2.24) is 0 Å². The molecule has 0 radical (unpaired) electrons. The van der Waals surface area contributed by atoms with Gasteiger partial charge in [0.25, 0.3) is 0 Å². The van der Waals surface area contributed by atoms with Crippen LogP contribution in [-0.4, -0.2) is 12.7 Å². The summed E-state index contributed by atoms with van der Waals surface area (Å²) in [6.07, 6.45) is 4.22. The number of halogens is 2. The van der Waals surface area contributed by atoms with Crippen molar-refractivity contribution in [3.63, 3.8) is 0 Å². The molecule has 17 heavy (non-hydrogen) atoms. The molecule has 1 aromatic carbocycles. The van der Waals surface area contributed by atoms with Gasteiger partial charge in [-0.25, -0.2) is 4.39 Å². The predicted molar refractivity (Wildman–Crippen MR) is 66.5 cm³/mol. The van der Waals surface area contributed by atoms with Gasteiger partial charge in [-0.1, -0.05) is 11.6 Å². The quantitative estimate of drug-likeness (QED) is 0.897. The van der Waals surface area contributed by atoms with E-state index in [-0.39, 0.29) is 11.9 Å². The molecule has 1 aliphatic heterocycles. The Morgan fingerprint density at radius 3 is 3.06 bits per heavy atom. The highest BCUT2D eigenvalue weighted by Gasteiger charge is 2.18. The summed E-state index contributed by atoms with van der Waals surface area (Å²) in [6.45, 7) is 0.848. The van der Waals surface area contributed by atoms with Crippen LogP contribution in [0.5, 0.6) is 0 Å². The van der Waals surface area contributed by atoms with E-state index in [1.165, 1.54) is 12.1 Å². The lowest BCUT2D eigenvalue weighted by Crippen LogP contribution is -2.15. The van der Waals surface area contributed by atoms with E-state index in [1.54, 1.807) is 6.07 Å². The summed E-state index contributed by atoms with van der Waals surface area (Å²) in [5.41, 5.74) is 6.72. The van der Waals surface area contributed by atoms with Gasteiger partial charge in [-0.15, -0.1) is 0 Å². The van der Waals surface area contributed by atoms with Crippen LogP contribution in [0.1, 0.15) is 37.3 Å². The molecule has 2 rings (SSSR count). The fourth-order valence-electron chi connectivity index (χ4n) is 2.19. The van der Waals surface area contributed by atoms with E-state index >= 15 is 0 Å². The molecule has 2 N–H and O–H groups in total. The number of nitrogens with two attached hydrogens (primary N) is 1. The molecule has 0 amide bonds. The van der Waals surface area contributed by atoms with Gasteiger partial charge in [0.2, 0.25) is 0 Å². The monoisotopic (exact) mass is 257 g/mol. The van der Waals surface area contributed by atoms with Gasteiger partial charge in [0.05, 0.1) is 6.10 Å². The van der Waals surface area contributed by atoms with Crippen molar-refractivity contribution in [2.75, 3.05) is 6.61 Å². The van der Waals surface area contributed by atoms with Gasteiger partial charge in [-0.2, -0.15) is 0 Å². The number of hydrogen-bond donors (Lipinski definition) is 1. The third-order valence-electron chi connectivity index (χ3n) is 3.18. The number of benzene rings is 1. The maximum Gasteiger partial charge on any atom is 0.123 e. The molecule has 2 nitrogen and oxygen atoms in total. The zero-order valence-corrected chi connectivity index (χ0v) is 10.4. The summed E-state index contributed by atoms with van der Waals surface area (Å²) in [7, 11) is 0. The summed E-state index contributed by atoms with van der Waals surface area (Å²) in [4.78, 5) is 0. The first-order valence-corrected chi connectivity index (χ1v) is 6.37. The van der Waals surface area contributed by atoms with Crippen LogP contribution in [-0.2, 0) is 4.74 Å². The normalized spacial score (nSPS) is 21.7. The Morgan fingerprint density at radius 1 is 1.53 bits per heavy atom. The van der Waals surface area contributed by atoms with Gasteiger partial charge in [0.1, 0.15) is 5.82 Å². The molecular weight excluding hydrogens is 241 g/mol. The van der Waals surface area contributed by atoms with E-state index in [0.717, 1.165) is 32.3 Å². The summed E-state index contributed by atoms with van der Waals surface area (Å²) in [6, 6.07) is 4.10. The molecule has 1 aromatic rings. The minimum absolute atomic E-state index is 0.220. The Labute approximate surface area is 106 Å². The first-order valence-electron chi connectivity index (χ1n) is 5.99. The molecule has 0 spiro atoms. The lowest BCUT2D eigenvalue weighted by atomic mass is 10.00. The van der Waals surface area contributed by atoms with Gasteiger partial charge < -0.3 is 10.5 Å². The molecule has 0 aromatic heterocycles. The number of rotatable bonds is 4. The molecule has 4 heteroatoms. The van der Waals surface area contributed by atoms with Crippen LogP contribution in [0.2, 0.25) is 5.02 Å². The molecule has 1 fully saturated rings. The summed E-state index contributed by atoms with van der Waals surface area (Å²) < 4.78 is 18.6. The second-order valence-electron chi connectivity index (χ2n) is 4.48. The van der Waals surface area contributed by atoms with Gasteiger partial charge in [0.15, 0.2) is 0 Å². The van der Waals surface area contributed by atoms with Crippen molar-refractivity contribution < 1.29 is 9.13 Å². The van der Waals surface area contributed by atoms with E-state index in [4.69, 9.17) is 22.1 Å². The summed E-state index contributed by atoms with van der Waals surface area (Å²) in [5, 5.41) is 0.534. The van der Waals surface area contributed by atoms with Gasteiger partial charge in [0, 0.05) is 17.7 Å². The van der Waals surface area contributed by atoms with Gasteiger partial charge >= 0.3 is 0 Å². The van der Waals surface area contributed by atoms with Crippen LogP contribution in [0.25, 0.3) is 0 Å². The van der Waals surface area contributed by atoms with Crippen molar-refractivity contribution in [3.05, 3.63) is 34.6 Å². The zero-order valence-electron chi connectivity index (χ0n) is 9.66. The molecule has 0 saturated carbocycles. The highest BCUT2D eigenvalue weighted by Crippen LogP contribution is 2.27.